The smallest absolute Gasteiger partial charge is 0.459 e. The van der Waals surface area contributed by atoms with E-state index in [1.807, 2.05) is 0 Å². The number of carbonyl (C=O) groups excluding carboxylic acids is 1. The summed E-state index contributed by atoms with van der Waals surface area (Å²) in [6, 6.07) is 6.00. The number of benzene rings is 1. The summed E-state index contributed by atoms with van der Waals surface area (Å²) in [4.78, 5) is 25.8. The summed E-state index contributed by atoms with van der Waals surface area (Å²) in [6.07, 6.45) is -2.59. The molecule has 1 fully saturated rings. The predicted octanol–water partition coefficient (Wildman–Crippen LogP) is 1.92. The van der Waals surface area contributed by atoms with Crippen LogP contribution in [-0.4, -0.2) is 63.3 Å². The maximum absolute atomic E-state index is 13.5. The molecule has 2 heterocycles. The first kappa shape index (κ1) is 27.5. The Morgan fingerprint density at radius 2 is 2.06 bits per heavy atom. The average Bonchev–Trinajstić information content (AvgIpc) is 3.02. The Hall–Kier alpha value is -2.09. The van der Waals surface area contributed by atoms with Crippen LogP contribution in [0.5, 0.6) is 5.75 Å². The van der Waals surface area contributed by atoms with Crippen LogP contribution in [0.1, 0.15) is 20.1 Å². The summed E-state index contributed by atoms with van der Waals surface area (Å²) >= 11 is 11.0. The number of esters is 1. The van der Waals surface area contributed by atoms with Gasteiger partial charge in [-0.15, -0.1) is 0 Å². The normalized spacial score (nSPS) is 26.6. The fourth-order valence-electron chi connectivity index (χ4n) is 3.35. The second kappa shape index (κ2) is 10.9. The Bertz CT molecular complexity index is 1220. The summed E-state index contributed by atoms with van der Waals surface area (Å²) in [5.41, 5.74) is -2.31. The van der Waals surface area contributed by atoms with Crippen LogP contribution in [-0.2, 0) is 23.4 Å². The number of nitrogens with one attached hydrogen (secondary N) is 2. The second-order valence-electron chi connectivity index (χ2n) is 7.93. The van der Waals surface area contributed by atoms with Gasteiger partial charge >= 0.3 is 13.7 Å². The molecule has 6 atom stereocenters. The zero-order valence-corrected chi connectivity index (χ0v) is 21.4. The van der Waals surface area contributed by atoms with Gasteiger partial charge in [0.1, 0.15) is 29.6 Å². The number of hydrogen-bond donors (Lipinski definition) is 4. The highest BCUT2D eigenvalue weighted by atomic mass is 35.5. The van der Waals surface area contributed by atoms with Gasteiger partial charge in [-0.05, 0) is 50.3 Å². The minimum Gasteiger partial charge on any atom is -0.468 e. The Kier molecular flexibility index (Phi) is 8.56. The molecule has 15 heteroatoms. The summed E-state index contributed by atoms with van der Waals surface area (Å²) in [5.74, 6) is -0.597. The van der Waals surface area contributed by atoms with E-state index in [2.05, 4.69) is 14.8 Å². The van der Waals surface area contributed by atoms with Crippen LogP contribution in [0.15, 0.2) is 41.3 Å². The quantitative estimate of drug-likeness (QED) is 0.205. The summed E-state index contributed by atoms with van der Waals surface area (Å²) in [5, 5.41) is 24.5. The maximum atomic E-state index is 13.5. The van der Waals surface area contributed by atoms with Crippen molar-refractivity contribution in [2.24, 2.45) is 0 Å². The third kappa shape index (κ3) is 6.38. The predicted molar refractivity (Wildman–Crippen MR) is 127 cm³/mol. The van der Waals surface area contributed by atoms with Gasteiger partial charge in [0.2, 0.25) is 0 Å². The first-order chi connectivity index (χ1) is 16.4. The number of aromatic nitrogens is 2. The van der Waals surface area contributed by atoms with Crippen molar-refractivity contribution in [1.82, 2.24) is 14.6 Å². The van der Waals surface area contributed by atoms with Crippen molar-refractivity contribution in [3.63, 3.8) is 0 Å². The van der Waals surface area contributed by atoms with E-state index in [4.69, 9.17) is 37.6 Å². The van der Waals surface area contributed by atoms with E-state index in [1.165, 1.54) is 62.1 Å². The Balaban J connectivity index is 1.81. The van der Waals surface area contributed by atoms with Crippen molar-refractivity contribution in [3.8, 4) is 5.75 Å². The molecule has 3 rings (SSSR count). The molecule has 1 aromatic heterocycles. The standard InChI is InChI=1S/C20H25ClN3O9PS/c1-11(17(27)30-3)23-34(29,33-13-6-4-12(21)5-7-13)31-10-14-16(26)20(2,28)18(32-14)24-9-8-15(25)22-19(24)35/h4-9,11,14,16,18,26,28H,10H2,1-3H3,(H,23,29)(H,22,25,35)/t11-,14?,16-,18+,20?,34?/m0/s1. The number of aromatic amines is 1. The molecule has 0 spiro atoms. The van der Waals surface area contributed by atoms with E-state index in [-0.39, 0.29) is 10.5 Å². The summed E-state index contributed by atoms with van der Waals surface area (Å²) < 4.78 is 36.2. The molecule has 3 unspecified atom stereocenters. The molecule has 2 aromatic rings. The zero-order valence-electron chi connectivity index (χ0n) is 18.9. The Morgan fingerprint density at radius 3 is 2.66 bits per heavy atom. The van der Waals surface area contributed by atoms with E-state index in [0.29, 0.717) is 5.02 Å². The van der Waals surface area contributed by atoms with Crippen molar-refractivity contribution in [2.75, 3.05) is 13.7 Å². The van der Waals surface area contributed by atoms with Crippen LogP contribution in [0.4, 0.5) is 0 Å². The topological polar surface area (TPSA) is 161 Å². The molecule has 0 amide bonds. The largest absolute Gasteiger partial charge is 0.468 e. The minimum absolute atomic E-state index is 0.0399. The first-order valence-electron chi connectivity index (χ1n) is 10.3. The highest BCUT2D eigenvalue weighted by Crippen LogP contribution is 2.47. The Labute approximate surface area is 210 Å². The second-order valence-corrected chi connectivity index (χ2v) is 10.4. The molecule has 1 aromatic carbocycles. The lowest BCUT2D eigenvalue weighted by Gasteiger charge is -2.28. The fourth-order valence-corrected chi connectivity index (χ4v) is 5.24. The summed E-state index contributed by atoms with van der Waals surface area (Å²) in [7, 11) is -3.08. The number of nitrogens with zero attached hydrogens (tertiary/aromatic N) is 1. The first-order valence-corrected chi connectivity index (χ1v) is 12.6. The molecule has 4 N–H and O–H groups in total. The molecule has 0 saturated carbocycles. The van der Waals surface area contributed by atoms with Gasteiger partial charge in [0.25, 0.3) is 5.56 Å². The molecule has 192 valence electrons. The van der Waals surface area contributed by atoms with Crippen LogP contribution in [0.3, 0.4) is 0 Å². The van der Waals surface area contributed by atoms with Gasteiger partial charge in [0.15, 0.2) is 11.0 Å². The van der Waals surface area contributed by atoms with Crippen molar-refractivity contribution < 1.29 is 38.1 Å². The number of ether oxygens (including phenoxy) is 2. The maximum Gasteiger partial charge on any atom is 0.459 e. The molecular formula is C20H25ClN3O9PS. The van der Waals surface area contributed by atoms with Crippen molar-refractivity contribution in [2.45, 2.75) is 43.9 Å². The van der Waals surface area contributed by atoms with Gasteiger partial charge in [0.05, 0.1) is 13.7 Å². The highest BCUT2D eigenvalue weighted by molar-refractivity contribution is 7.71. The fraction of sp³-hybridized carbons (Fsp3) is 0.450. The van der Waals surface area contributed by atoms with Gasteiger partial charge in [0, 0.05) is 17.3 Å². The lowest BCUT2D eigenvalue weighted by Crippen LogP contribution is -2.45. The zero-order chi connectivity index (χ0) is 26.0. The Morgan fingerprint density at radius 1 is 1.40 bits per heavy atom. The molecule has 35 heavy (non-hydrogen) atoms. The lowest BCUT2D eigenvalue weighted by atomic mass is 9.96. The van der Waals surface area contributed by atoms with Crippen LogP contribution in [0, 0.1) is 4.77 Å². The summed E-state index contributed by atoms with van der Waals surface area (Å²) in [6.45, 7) is 2.19. The number of H-pyrrole nitrogens is 1. The van der Waals surface area contributed by atoms with Crippen molar-refractivity contribution >= 4 is 37.5 Å². The molecule has 1 aliphatic heterocycles. The number of methoxy groups -OCH3 is 1. The van der Waals surface area contributed by atoms with Crippen LogP contribution in [0.25, 0.3) is 0 Å². The van der Waals surface area contributed by atoms with Crippen LogP contribution < -0.4 is 15.2 Å². The van der Waals surface area contributed by atoms with E-state index >= 15 is 0 Å². The number of hydrogen-bond acceptors (Lipinski definition) is 10. The van der Waals surface area contributed by atoms with E-state index in [1.54, 1.807) is 0 Å². The number of carbonyl (C=O) groups is 1. The van der Waals surface area contributed by atoms with E-state index in [9.17, 15) is 24.4 Å². The molecule has 1 saturated heterocycles. The van der Waals surface area contributed by atoms with Gasteiger partial charge in [-0.1, -0.05) is 11.6 Å². The SMILES string of the molecule is COC(=O)[C@H](C)NP(=O)(OCC1O[C@@H](n2ccc(=O)[nH]c2=S)C(C)(O)[C@H]1O)Oc1ccc(Cl)cc1. The number of aliphatic hydroxyl groups is 2. The monoisotopic (exact) mass is 549 g/mol. The number of aliphatic hydroxyl groups excluding tert-OH is 1. The average molecular weight is 550 g/mol. The third-order valence-electron chi connectivity index (χ3n) is 5.21. The minimum atomic E-state index is -4.25. The molecule has 0 radical (unpaired) electrons. The molecule has 12 nitrogen and oxygen atoms in total. The number of halogens is 1. The van der Waals surface area contributed by atoms with E-state index in [0.717, 1.165) is 0 Å². The van der Waals surface area contributed by atoms with Gasteiger partial charge < -0.3 is 24.2 Å². The number of rotatable bonds is 9. The molecule has 0 aliphatic carbocycles. The molecular weight excluding hydrogens is 525 g/mol. The molecule has 0 bridgehead atoms. The van der Waals surface area contributed by atoms with Crippen LogP contribution >= 0.6 is 31.6 Å². The van der Waals surface area contributed by atoms with Gasteiger partial charge in [-0.25, -0.2) is 4.57 Å². The highest BCUT2D eigenvalue weighted by Gasteiger charge is 2.53. The van der Waals surface area contributed by atoms with E-state index < -0.39 is 56.0 Å². The van der Waals surface area contributed by atoms with Crippen molar-refractivity contribution in [1.29, 1.82) is 0 Å². The van der Waals surface area contributed by atoms with Crippen molar-refractivity contribution in [3.05, 3.63) is 56.7 Å². The van der Waals surface area contributed by atoms with Gasteiger partial charge in [-0.3, -0.25) is 23.7 Å². The third-order valence-corrected chi connectivity index (χ3v) is 7.42. The van der Waals surface area contributed by atoms with Crippen LogP contribution in [0.2, 0.25) is 5.02 Å². The molecule has 1 aliphatic rings. The lowest BCUT2D eigenvalue weighted by molar-refractivity contribution is -0.142. The van der Waals surface area contributed by atoms with Gasteiger partial charge in [-0.2, -0.15) is 5.09 Å².